The highest BCUT2D eigenvalue weighted by Crippen LogP contribution is 2.52. The smallest absolute Gasteiger partial charge is 0.338 e. The zero-order valence-electron chi connectivity index (χ0n) is 21.2. The number of piperidine rings is 1. The van der Waals surface area contributed by atoms with Crippen molar-refractivity contribution >= 4 is 17.3 Å². The van der Waals surface area contributed by atoms with Crippen molar-refractivity contribution in [2.75, 3.05) is 50.2 Å². The number of rotatable bonds is 6. The van der Waals surface area contributed by atoms with E-state index in [9.17, 15) is 9.18 Å². The molecule has 2 aromatic rings. The summed E-state index contributed by atoms with van der Waals surface area (Å²) >= 11 is 0. The molecule has 6 nitrogen and oxygen atoms in total. The molecule has 0 bridgehead atoms. The van der Waals surface area contributed by atoms with E-state index in [1.54, 1.807) is 12.1 Å². The van der Waals surface area contributed by atoms with Crippen molar-refractivity contribution in [2.45, 2.75) is 51.2 Å². The van der Waals surface area contributed by atoms with E-state index >= 15 is 0 Å². The first-order chi connectivity index (χ1) is 16.8. The number of ether oxygens (including phenoxy) is 2. The van der Waals surface area contributed by atoms with Crippen LogP contribution in [0.1, 0.15) is 49.0 Å². The van der Waals surface area contributed by atoms with Crippen LogP contribution in [-0.2, 0) is 11.2 Å². The first-order valence-electron chi connectivity index (χ1n) is 12.6. The van der Waals surface area contributed by atoms with Crippen molar-refractivity contribution in [3.8, 4) is 5.75 Å². The van der Waals surface area contributed by atoms with Gasteiger partial charge in [-0.25, -0.2) is 9.18 Å². The largest absolute Gasteiger partial charge is 0.489 e. The Hall–Kier alpha value is -2.80. The highest BCUT2D eigenvalue weighted by molar-refractivity contribution is 5.96. The lowest BCUT2D eigenvalue weighted by Crippen LogP contribution is -2.60. The number of esters is 1. The Balaban J connectivity index is 1.26. The Bertz CT molecular complexity index is 1080. The molecule has 1 saturated heterocycles. The van der Waals surface area contributed by atoms with E-state index in [1.807, 2.05) is 24.3 Å². The molecular formula is C28H36FN3O3. The van der Waals surface area contributed by atoms with Gasteiger partial charge in [-0.1, -0.05) is 12.1 Å². The topological polar surface area (TPSA) is 45.2 Å². The maximum absolute atomic E-state index is 13.2. The second-order valence-electron chi connectivity index (χ2n) is 10.8. The maximum Gasteiger partial charge on any atom is 0.338 e. The van der Waals surface area contributed by atoms with Crippen LogP contribution in [0.25, 0.3) is 0 Å². The third-order valence-corrected chi connectivity index (χ3v) is 7.96. The van der Waals surface area contributed by atoms with E-state index in [2.05, 4.69) is 35.6 Å². The number of benzene rings is 2. The molecule has 0 spiro atoms. The van der Waals surface area contributed by atoms with Gasteiger partial charge in [-0.3, -0.25) is 4.90 Å². The summed E-state index contributed by atoms with van der Waals surface area (Å²) in [4.78, 5) is 19.6. The molecule has 3 aliphatic heterocycles. The molecule has 0 amide bonds. The fourth-order valence-corrected chi connectivity index (χ4v) is 5.88. The van der Waals surface area contributed by atoms with Crippen LogP contribution < -0.4 is 14.5 Å². The Morgan fingerprint density at radius 2 is 1.89 bits per heavy atom. The number of anilines is 2. The summed E-state index contributed by atoms with van der Waals surface area (Å²) in [7, 11) is 3.53. The van der Waals surface area contributed by atoms with Gasteiger partial charge in [0.05, 0.1) is 23.9 Å². The summed E-state index contributed by atoms with van der Waals surface area (Å²) in [5.41, 5.74) is 3.69. The van der Waals surface area contributed by atoms with Gasteiger partial charge in [-0.15, -0.1) is 0 Å². The SMILES string of the molecule is COC(=O)c1cc2c3c(c1)N(C)C(CN1CCC(CCc4ccc(F)cc4)CC1)N3C(C)(C)CO2. The molecule has 3 heterocycles. The lowest BCUT2D eigenvalue weighted by molar-refractivity contribution is 0.0600. The number of hydrogen-bond donors (Lipinski definition) is 0. The fourth-order valence-electron chi connectivity index (χ4n) is 5.88. The normalized spacial score (nSPS) is 21.6. The molecule has 0 N–H and O–H groups in total. The summed E-state index contributed by atoms with van der Waals surface area (Å²) in [5.74, 6) is 0.960. The quantitative estimate of drug-likeness (QED) is 0.557. The average molecular weight is 482 g/mol. The van der Waals surface area contributed by atoms with E-state index < -0.39 is 0 Å². The summed E-state index contributed by atoms with van der Waals surface area (Å²) in [5, 5.41) is 0. The summed E-state index contributed by atoms with van der Waals surface area (Å²) in [6, 6.07) is 10.7. The highest BCUT2D eigenvalue weighted by atomic mass is 19.1. The van der Waals surface area contributed by atoms with Crippen LogP contribution in [0.5, 0.6) is 5.75 Å². The molecule has 0 radical (unpaired) electrons. The molecule has 1 atom stereocenters. The second kappa shape index (κ2) is 9.34. The standard InChI is InChI=1S/C28H36FN3O3/c1-28(2)18-35-24-16-21(27(33)34-4)15-23-26(24)32(28)25(30(23)3)17-31-13-11-20(12-14-31)6-5-19-7-9-22(29)10-8-19/h7-10,15-16,20,25H,5-6,11-14,17-18H2,1-4H3. The summed E-state index contributed by atoms with van der Waals surface area (Å²) < 4.78 is 24.3. The van der Waals surface area contributed by atoms with E-state index in [1.165, 1.54) is 25.5 Å². The molecule has 188 valence electrons. The molecule has 2 aromatic carbocycles. The van der Waals surface area contributed by atoms with Crippen molar-refractivity contribution in [1.82, 2.24) is 4.90 Å². The van der Waals surface area contributed by atoms with E-state index in [0.717, 1.165) is 49.6 Å². The number of likely N-dealkylation sites (tertiary alicyclic amines) is 1. The van der Waals surface area contributed by atoms with Crippen LogP contribution in [0.15, 0.2) is 36.4 Å². The van der Waals surface area contributed by atoms with Crippen LogP contribution in [0.4, 0.5) is 15.8 Å². The van der Waals surface area contributed by atoms with Gasteiger partial charge < -0.3 is 19.3 Å². The molecule has 5 rings (SSSR count). The van der Waals surface area contributed by atoms with Gasteiger partial charge in [0, 0.05) is 13.6 Å². The molecular weight excluding hydrogens is 445 g/mol. The first-order valence-corrected chi connectivity index (χ1v) is 12.6. The minimum atomic E-state index is -0.344. The van der Waals surface area contributed by atoms with Gasteiger partial charge in [0.15, 0.2) is 0 Å². The predicted molar refractivity (Wildman–Crippen MR) is 136 cm³/mol. The van der Waals surface area contributed by atoms with Crippen molar-refractivity contribution in [3.05, 3.63) is 53.3 Å². The third-order valence-electron chi connectivity index (χ3n) is 7.96. The van der Waals surface area contributed by atoms with E-state index in [-0.39, 0.29) is 23.5 Å². The number of halogens is 1. The zero-order valence-corrected chi connectivity index (χ0v) is 21.2. The maximum atomic E-state index is 13.2. The van der Waals surface area contributed by atoms with Crippen molar-refractivity contribution in [3.63, 3.8) is 0 Å². The number of aryl methyl sites for hydroxylation is 1. The average Bonchev–Trinajstić information content (AvgIpc) is 3.14. The molecule has 0 aromatic heterocycles. The van der Waals surface area contributed by atoms with Gasteiger partial charge in [-0.2, -0.15) is 0 Å². The third kappa shape index (κ3) is 4.58. The van der Waals surface area contributed by atoms with Crippen molar-refractivity contribution < 1.29 is 18.7 Å². The molecule has 0 aliphatic carbocycles. The first kappa shape index (κ1) is 23.9. The molecule has 7 heteroatoms. The lowest BCUT2D eigenvalue weighted by Gasteiger charge is -2.47. The number of methoxy groups -OCH3 is 1. The number of likely N-dealkylation sites (N-methyl/N-ethyl adjacent to an activating group) is 1. The Morgan fingerprint density at radius 3 is 2.57 bits per heavy atom. The number of carbonyl (C=O) groups is 1. The van der Waals surface area contributed by atoms with E-state index in [4.69, 9.17) is 9.47 Å². The summed E-state index contributed by atoms with van der Waals surface area (Å²) in [6.07, 6.45) is 4.72. The molecule has 35 heavy (non-hydrogen) atoms. The van der Waals surface area contributed by atoms with Gasteiger partial charge in [0.25, 0.3) is 0 Å². The van der Waals surface area contributed by atoms with Crippen LogP contribution in [-0.4, -0.2) is 63.0 Å². The number of nitrogens with zero attached hydrogens (tertiary/aromatic N) is 3. The summed E-state index contributed by atoms with van der Waals surface area (Å²) in [6.45, 7) is 8.12. The zero-order chi connectivity index (χ0) is 24.7. The molecule has 1 fully saturated rings. The predicted octanol–water partition coefficient (Wildman–Crippen LogP) is 4.71. The Labute approximate surface area is 207 Å². The van der Waals surface area contributed by atoms with E-state index in [0.29, 0.717) is 18.1 Å². The second-order valence-corrected chi connectivity index (χ2v) is 10.8. The lowest BCUT2D eigenvalue weighted by atomic mass is 9.90. The Kier molecular flexibility index (Phi) is 6.38. The van der Waals surface area contributed by atoms with Gasteiger partial charge in [0.2, 0.25) is 0 Å². The minimum absolute atomic E-state index is 0.155. The van der Waals surface area contributed by atoms with Crippen molar-refractivity contribution in [1.29, 1.82) is 0 Å². The fraction of sp³-hybridized carbons (Fsp3) is 0.536. The minimum Gasteiger partial charge on any atom is -0.489 e. The molecule has 0 saturated carbocycles. The Morgan fingerprint density at radius 1 is 1.17 bits per heavy atom. The molecule has 3 aliphatic rings. The molecule has 1 unspecified atom stereocenters. The van der Waals surface area contributed by atoms with Crippen molar-refractivity contribution in [2.24, 2.45) is 5.92 Å². The van der Waals surface area contributed by atoms with Crippen LogP contribution >= 0.6 is 0 Å². The highest BCUT2D eigenvalue weighted by Gasteiger charge is 2.47. The van der Waals surface area contributed by atoms with Crippen LogP contribution in [0.2, 0.25) is 0 Å². The number of hydrogen-bond acceptors (Lipinski definition) is 6. The van der Waals surface area contributed by atoms with Gasteiger partial charge in [0.1, 0.15) is 30.0 Å². The van der Waals surface area contributed by atoms with Crippen LogP contribution in [0.3, 0.4) is 0 Å². The van der Waals surface area contributed by atoms with Gasteiger partial charge >= 0.3 is 5.97 Å². The number of carbonyl (C=O) groups excluding carboxylic acids is 1. The van der Waals surface area contributed by atoms with Crippen LogP contribution in [0, 0.1) is 11.7 Å². The van der Waals surface area contributed by atoms with Gasteiger partial charge in [-0.05, 0) is 88.4 Å². The monoisotopic (exact) mass is 481 g/mol.